The van der Waals surface area contributed by atoms with E-state index >= 15 is 0 Å². The highest BCUT2D eigenvalue weighted by Crippen LogP contribution is 2.32. The average molecular weight is 309 g/mol. The monoisotopic (exact) mass is 309 g/mol. The van der Waals surface area contributed by atoms with Crippen LogP contribution in [0.3, 0.4) is 0 Å². The minimum Gasteiger partial charge on any atom is -0.303 e. The maximum atomic E-state index is 14.2. The summed E-state index contributed by atoms with van der Waals surface area (Å²) in [7, 11) is 0. The molecule has 21 heavy (non-hydrogen) atoms. The highest BCUT2D eigenvalue weighted by Gasteiger charge is 2.21. The molecule has 1 unspecified atom stereocenters. The number of halogens is 2. The molecule has 0 aliphatic carbocycles. The topological polar surface area (TPSA) is 12.0 Å². The summed E-state index contributed by atoms with van der Waals surface area (Å²) in [5.74, 6) is -0.998. The quantitative estimate of drug-likeness (QED) is 0.821. The second-order valence-corrected chi connectivity index (χ2v) is 6.73. The summed E-state index contributed by atoms with van der Waals surface area (Å²) >= 11 is 1.67. The lowest BCUT2D eigenvalue weighted by Crippen LogP contribution is -2.29. The number of nitrogens with one attached hydrogen (secondary N) is 1. The Labute approximate surface area is 129 Å². The largest absolute Gasteiger partial charge is 0.303 e. The Morgan fingerprint density at radius 1 is 1.14 bits per heavy atom. The van der Waals surface area contributed by atoms with Gasteiger partial charge in [0.2, 0.25) is 0 Å². The normalized spacial score (nSPS) is 12.9. The summed E-state index contributed by atoms with van der Waals surface area (Å²) in [5, 5.41) is 3.39. The zero-order valence-corrected chi connectivity index (χ0v) is 13.7. The van der Waals surface area contributed by atoms with E-state index in [1.165, 1.54) is 4.88 Å². The van der Waals surface area contributed by atoms with Gasteiger partial charge in [0.05, 0.1) is 6.04 Å². The zero-order chi connectivity index (χ0) is 15.6. The van der Waals surface area contributed by atoms with E-state index < -0.39 is 11.6 Å². The summed E-state index contributed by atoms with van der Waals surface area (Å²) in [6.07, 6.45) is 0.962. The third-order valence-electron chi connectivity index (χ3n) is 3.40. The Bertz CT molecular complexity index is 619. The van der Waals surface area contributed by atoms with Gasteiger partial charge in [0.25, 0.3) is 0 Å². The van der Waals surface area contributed by atoms with Crippen molar-refractivity contribution in [3.05, 3.63) is 56.8 Å². The first-order valence-corrected chi connectivity index (χ1v) is 8.04. The molecule has 0 amide bonds. The van der Waals surface area contributed by atoms with Crippen LogP contribution >= 0.6 is 11.3 Å². The molecule has 1 heterocycles. The van der Waals surface area contributed by atoms with Crippen molar-refractivity contribution in [1.29, 1.82) is 0 Å². The first kappa shape index (κ1) is 16.1. The second kappa shape index (κ2) is 6.67. The summed E-state index contributed by atoms with van der Waals surface area (Å²) in [4.78, 5) is 2.32. The third-order valence-corrected chi connectivity index (χ3v) is 4.70. The predicted molar refractivity (Wildman–Crippen MR) is 84.9 cm³/mol. The van der Waals surface area contributed by atoms with Crippen molar-refractivity contribution in [2.75, 3.05) is 0 Å². The van der Waals surface area contributed by atoms with Crippen LogP contribution in [0.4, 0.5) is 8.78 Å². The van der Waals surface area contributed by atoms with E-state index in [-0.39, 0.29) is 12.1 Å². The number of benzene rings is 1. The Balaban J connectivity index is 2.47. The van der Waals surface area contributed by atoms with Crippen molar-refractivity contribution in [2.24, 2.45) is 0 Å². The average Bonchev–Trinajstić information content (AvgIpc) is 2.89. The smallest absolute Gasteiger partial charge is 0.131 e. The summed E-state index contributed by atoms with van der Waals surface area (Å²) in [6.45, 7) is 7.81. The summed E-state index contributed by atoms with van der Waals surface area (Å²) in [5.41, 5.74) is 0.973. The molecule has 1 aromatic heterocycles. The Kier molecular flexibility index (Phi) is 5.12. The van der Waals surface area contributed by atoms with Crippen molar-refractivity contribution in [2.45, 2.75) is 46.2 Å². The fraction of sp³-hybridized carbons (Fsp3) is 0.412. The van der Waals surface area contributed by atoms with Crippen LogP contribution in [-0.2, 0) is 6.42 Å². The molecular weight excluding hydrogens is 288 g/mol. The lowest BCUT2D eigenvalue weighted by molar-refractivity contribution is 0.500. The Morgan fingerprint density at radius 2 is 1.86 bits per heavy atom. The maximum Gasteiger partial charge on any atom is 0.131 e. The molecule has 1 aromatic carbocycles. The van der Waals surface area contributed by atoms with Gasteiger partial charge >= 0.3 is 0 Å². The molecule has 0 fully saturated rings. The summed E-state index contributed by atoms with van der Waals surface area (Å²) < 4.78 is 27.7. The van der Waals surface area contributed by atoms with Gasteiger partial charge in [-0.3, -0.25) is 0 Å². The molecule has 1 atom stereocenters. The van der Waals surface area contributed by atoms with Crippen LogP contribution in [0.15, 0.2) is 24.3 Å². The van der Waals surface area contributed by atoms with Crippen LogP contribution in [0, 0.1) is 18.6 Å². The van der Waals surface area contributed by atoms with Crippen molar-refractivity contribution >= 4 is 11.3 Å². The number of rotatable bonds is 5. The summed E-state index contributed by atoms with van der Waals surface area (Å²) in [6, 6.07) is 6.65. The van der Waals surface area contributed by atoms with E-state index in [1.807, 2.05) is 19.9 Å². The Hall–Kier alpha value is -1.26. The SMILES string of the molecule is CCc1ccc(C(NC(C)C)c2cc(C)c(F)cc2F)s1. The van der Waals surface area contributed by atoms with Gasteiger partial charge < -0.3 is 5.32 Å². The molecule has 0 saturated heterocycles. The van der Waals surface area contributed by atoms with E-state index in [9.17, 15) is 8.78 Å². The maximum absolute atomic E-state index is 14.2. The predicted octanol–water partition coefficient (Wildman–Crippen LogP) is 4.98. The van der Waals surface area contributed by atoms with Gasteiger partial charge in [-0.05, 0) is 51.0 Å². The molecule has 0 bridgehead atoms. The molecule has 0 aliphatic rings. The first-order chi connectivity index (χ1) is 9.92. The minimum atomic E-state index is -0.500. The van der Waals surface area contributed by atoms with Crippen molar-refractivity contribution < 1.29 is 8.78 Å². The van der Waals surface area contributed by atoms with Gasteiger partial charge in [-0.25, -0.2) is 8.78 Å². The number of thiophene rings is 1. The fourth-order valence-electron chi connectivity index (χ4n) is 2.30. The van der Waals surface area contributed by atoms with E-state index in [2.05, 4.69) is 18.3 Å². The molecule has 4 heteroatoms. The van der Waals surface area contributed by atoms with E-state index in [4.69, 9.17) is 0 Å². The molecule has 0 saturated carbocycles. The van der Waals surface area contributed by atoms with Crippen LogP contribution in [0.2, 0.25) is 0 Å². The lowest BCUT2D eigenvalue weighted by atomic mass is 10.0. The zero-order valence-electron chi connectivity index (χ0n) is 12.8. The van der Waals surface area contributed by atoms with E-state index in [0.717, 1.165) is 17.4 Å². The molecule has 2 rings (SSSR count). The van der Waals surface area contributed by atoms with Gasteiger partial charge in [-0.2, -0.15) is 0 Å². The van der Waals surface area contributed by atoms with Gasteiger partial charge in [0.1, 0.15) is 11.6 Å². The second-order valence-electron chi connectivity index (χ2n) is 5.53. The molecule has 0 spiro atoms. The lowest BCUT2D eigenvalue weighted by Gasteiger charge is -2.22. The number of aryl methyl sites for hydroxylation is 2. The van der Waals surface area contributed by atoms with Crippen LogP contribution in [0.5, 0.6) is 0 Å². The third kappa shape index (κ3) is 3.69. The minimum absolute atomic E-state index is 0.201. The van der Waals surface area contributed by atoms with Crippen LogP contribution in [0.1, 0.15) is 47.7 Å². The van der Waals surface area contributed by atoms with Gasteiger partial charge in [-0.1, -0.05) is 6.92 Å². The van der Waals surface area contributed by atoms with E-state index in [0.29, 0.717) is 11.1 Å². The fourth-order valence-corrected chi connectivity index (χ4v) is 3.33. The highest BCUT2D eigenvalue weighted by molar-refractivity contribution is 7.12. The van der Waals surface area contributed by atoms with Gasteiger partial charge in [-0.15, -0.1) is 11.3 Å². The van der Waals surface area contributed by atoms with Gasteiger partial charge in [0, 0.05) is 27.4 Å². The molecule has 0 aliphatic heterocycles. The number of hydrogen-bond donors (Lipinski definition) is 1. The van der Waals surface area contributed by atoms with E-state index in [1.54, 1.807) is 24.3 Å². The first-order valence-electron chi connectivity index (χ1n) is 7.22. The van der Waals surface area contributed by atoms with Crippen LogP contribution in [-0.4, -0.2) is 6.04 Å². The molecule has 2 aromatic rings. The molecule has 1 nitrogen and oxygen atoms in total. The van der Waals surface area contributed by atoms with Crippen molar-refractivity contribution in [3.63, 3.8) is 0 Å². The standard InChI is InChI=1S/C17H21F2NS/c1-5-12-6-7-16(21-12)17(20-10(2)3)13-8-11(4)14(18)9-15(13)19/h6-10,17,20H,5H2,1-4H3. The highest BCUT2D eigenvalue weighted by atomic mass is 32.1. The molecular formula is C17H21F2NS. The Morgan fingerprint density at radius 3 is 2.43 bits per heavy atom. The van der Waals surface area contributed by atoms with Crippen molar-refractivity contribution in [1.82, 2.24) is 5.32 Å². The molecule has 0 radical (unpaired) electrons. The van der Waals surface area contributed by atoms with Gasteiger partial charge in [0.15, 0.2) is 0 Å². The molecule has 1 N–H and O–H groups in total. The van der Waals surface area contributed by atoms with Crippen LogP contribution in [0.25, 0.3) is 0 Å². The number of hydrogen-bond acceptors (Lipinski definition) is 2. The van der Waals surface area contributed by atoms with Crippen LogP contribution < -0.4 is 5.32 Å². The van der Waals surface area contributed by atoms with Crippen molar-refractivity contribution in [3.8, 4) is 0 Å². The molecule has 114 valence electrons.